The summed E-state index contributed by atoms with van der Waals surface area (Å²) in [5.41, 5.74) is 3.40. The predicted molar refractivity (Wildman–Crippen MR) is 132 cm³/mol. The second-order valence-corrected chi connectivity index (χ2v) is 7.73. The second-order valence-electron chi connectivity index (χ2n) is 7.33. The number of nitrogens with one attached hydrogen (secondary N) is 2. The smallest absolute Gasteiger partial charge is 0.227 e. The van der Waals surface area contributed by atoms with Crippen LogP contribution < -0.4 is 15.4 Å². The number of hydrogen-bond acceptors (Lipinski definition) is 6. The molecule has 3 aromatic carbocycles. The van der Waals surface area contributed by atoms with Crippen LogP contribution in [0.2, 0.25) is 5.02 Å². The molecule has 0 radical (unpaired) electrons. The average Bonchev–Trinajstić information content (AvgIpc) is 3.28. The van der Waals surface area contributed by atoms with Crippen LogP contribution in [0, 0.1) is 0 Å². The Hall–Kier alpha value is -4.10. The highest BCUT2D eigenvalue weighted by Crippen LogP contribution is 2.28. The first-order valence-electron chi connectivity index (χ1n) is 10.4. The molecule has 164 valence electrons. The van der Waals surface area contributed by atoms with Crippen molar-refractivity contribution in [2.24, 2.45) is 0 Å². The van der Waals surface area contributed by atoms with Crippen molar-refractivity contribution in [3.63, 3.8) is 0 Å². The van der Waals surface area contributed by atoms with E-state index >= 15 is 0 Å². The molecular weight excluding hydrogens is 436 g/mol. The maximum atomic E-state index is 6.32. The Balaban J connectivity index is 1.56. The topological polar surface area (TPSA) is 76.9 Å². The van der Waals surface area contributed by atoms with Gasteiger partial charge in [-0.15, -0.1) is 0 Å². The Morgan fingerprint density at radius 1 is 0.939 bits per heavy atom. The molecule has 2 heterocycles. The Kier molecular flexibility index (Phi) is 5.78. The number of nitrogens with zero attached hydrogens (tertiary/aromatic N) is 4. The van der Waals surface area contributed by atoms with Crippen LogP contribution in [0.15, 0.2) is 85.1 Å². The van der Waals surface area contributed by atoms with Crippen LogP contribution in [0.3, 0.4) is 0 Å². The van der Waals surface area contributed by atoms with Gasteiger partial charge in [-0.1, -0.05) is 54.1 Å². The van der Waals surface area contributed by atoms with Gasteiger partial charge in [0.2, 0.25) is 5.95 Å². The lowest BCUT2D eigenvalue weighted by Crippen LogP contribution is -2.07. The Labute approximate surface area is 196 Å². The molecule has 8 heteroatoms. The summed E-state index contributed by atoms with van der Waals surface area (Å²) in [6.07, 6.45) is 1.77. The van der Waals surface area contributed by atoms with Gasteiger partial charge in [-0.2, -0.15) is 15.1 Å². The molecule has 0 spiro atoms. The number of anilines is 3. The molecule has 0 fully saturated rings. The van der Waals surface area contributed by atoms with Crippen molar-refractivity contribution in [1.82, 2.24) is 19.7 Å². The molecule has 0 aliphatic carbocycles. The van der Waals surface area contributed by atoms with E-state index in [0.29, 0.717) is 29.0 Å². The van der Waals surface area contributed by atoms with Crippen molar-refractivity contribution >= 4 is 40.1 Å². The average molecular weight is 457 g/mol. The zero-order valence-corrected chi connectivity index (χ0v) is 18.6. The molecule has 0 aliphatic rings. The molecule has 0 atom stereocenters. The first-order valence-corrected chi connectivity index (χ1v) is 10.8. The molecule has 0 saturated carbocycles. The molecule has 0 amide bonds. The lowest BCUT2D eigenvalue weighted by molar-refractivity contribution is 0.415. The van der Waals surface area contributed by atoms with E-state index in [1.54, 1.807) is 18.0 Å². The molecule has 33 heavy (non-hydrogen) atoms. The molecule has 2 N–H and O–H groups in total. The summed E-state index contributed by atoms with van der Waals surface area (Å²) < 4.78 is 7.15. The number of aromatic nitrogens is 4. The number of fused-ring (bicyclic) bond motifs is 1. The highest BCUT2D eigenvalue weighted by atomic mass is 35.5. The Bertz CT molecular complexity index is 1400. The lowest BCUT2D eigenvalue weighted by atomic mass is 10.2. The molecular formula is C25H21ClN6O. The molecule has 5 rings (SSSR count). The quantitative estimate of drug-likeness (QED) is 0.320. The number of para-hydroxylation sites is 1. The molecule has 5 aromatic rings. The van der Waals surface area contributed by atoms with Crippen molar-refractivity contribution < 1.29 is 4.74 Å². The van der Waals surface area contributed by atoms with Crippen molar-refractivity contribution in [2.45, 2.75) is 6.54 Å². The van der Waals surface area contributed by atoms with Crippen LogP contribution in [-0.4, -0.2) is 26.9 Å². The molecule has 0 aliphatic heterocycles. The Morgan fingerprint density at radius 3 is 2.58 bits per heavy atom. The maximum absolute atomic E-state index is 6.32. The van der Waals surface area contributed by atoms with E-state index in [9.17, 15) is 0 Å². The summed E-state index contributed by atoms with van der Waals surface area (Å²) in [5, 5.41) is 12.7. The third-order valence-corrected chi connectivity index (χ3v) is 5.53. The predicted octanol–water partition coefficient (Wildman–Crippen LogP) is 5.83. The first-order chi connectivity index (χ1) is 16.2. The summed E-state index contributed by atoms with van der Waals surface area (Å²) in [4.78, 5) is 9.50. The van der Waals surface area contributed by atoms with E-state index in [2.05, 4.69) is 15.7 Å². The van der Waals surface area contributed by atoms with E-state index in [1.165, 1.54) is 0 Å². The van der Waals surface area contributed by atoms with Gasteiger partial charge in [0.15, 0.2) is 5.65 Å². The van der Waals surface area contributed by atoms with Gasteiger partial charge >= 0.3 is 0 Å². The fourth-order valence-electron chi connectivity index (χ4n) is 3.49. The van der Waals surface area contributed by atoms with Crippen molar-refractivity contribution in [3.05, 3.63) is 95.6 Å². The number of rotatable bonds is 7. The zero-order valence-electron chi connectivity index (χ0n) is 17.9. The molecule has 0 unspecified atom stereocenters. The third-order valence-electron chi connectivity index (χ3n) is 5.16. The number of methoxy groups -OCH3 is 1. The highest BCUT2D eigenvalue weighted by molar-refractivity contribution is 6.31. The summed E-state index contributed by atoms with van der Waals surface area (Å²) in [6.45, 7) is 0.489. The van der Waals surface area contributed by atoms with E-state index in [-0.39, 0.29) is 0 Å². The number of halogens is 1. The summed E-state index contributed by atoms with van der Waals surface area (Å²) in [5.74, 6) is 1.85. The third kappa shape index (κ3) is 4.44. The minimum Gasteiger partial charge on any atom is -0.497 e. The van der Waals surface area contributed by atoms with Crippen molar-refractivity contribution in [3.8, 4) is 11.4 Å². The van der Waals surface area contributed by atoms with Crippen molar-refractivity contribution in [2.75, 3.05) is 17.7 Å². The fraction of sp³-hybridized carbons (Fsp3) is 0.0800. The molecule has 0 bridgehead atoms. The van der Waals surface area contributed by atoms with Crippen LogP contribution >= 0.6 is 11.6 Å². The molecule has 7 nitrogen and oxygen atoms in total. The number of hydrogen-bond donors (Lipinski definition) is 2. The largest absolute Gasteiger partial charge is 0.497 e. The highest BCUT2D eigenvalue weighted by Gasteiger charge is 2.15. The van der Waals surface area contributed by atoms with Gasteiger partial charge in [-0.05, 0) is 35.9 Å². The molecule has 2 aromatic heterocycles. The minimum atomic E-state index is 0.463. The second kappa shape index (κ2) is 9.18. The van der Waals surface area contributed by atoms with Gasteiger partial charge in [0.05, 0.1) is 24.4 Å². The lowest BCUT2D eigenvalue weighted by Gasteiger charge is -2.12. The Morgan fingerprint density at radius 2 is 1.76 bits per heavy atom. The maximum Gasteiger partial charge on any atom is 0.227 e. The van der Waals surface area contributed by atoms with Gasteiger partial charge < -0.3 is 15.4 Å². The summed E-state index contributed by atoms with van der Waals surface area (Å²) in [6, 6.07) is 25.2. The van der Waals surface area contributed by atoms with E-state index in [4.69, 9.17) is 26.3 Å². The van der Waals surface area contributed by atoms with Crippen LogP contribution in [0.5, 0.6) is 5.75 Å². The van der Waals surface area contributed by atoms with Crippen LogP contribution in [0.25, 0.3) is 16.7 Å². The van der Waals surface area contributed by atoms with E-state index in [1.807, 2.05) is 78.9 Å². The van der Waals surface area contributed by atoms with Crippen molar-refractivity contribution in [1.29, 1.82) is 0 Å². The van der Waals surface area contributed by atoms with E-state index < -0.39 is 0 Å². The standard InChI is InChI=1S/C25H21ClN6O/c1-33-20-12-7-9-18(14-20)29-23-21-16-28-32(19-10-3-2-4-11-19)24(21)31-25(30-23)27-15-17-8-5-6-13-22(17)26/h2-14,16H,15H2,1H3,(H2,27,29,30,31). The molecule has 0 saturated heterocycles. The normalized spacial score (nSPS) is 10.8. The number of benzene rings is 3. The van der Waals surface area contributed by atoms with Crippen LogP contribution in [0.4, 0.5) is 17.5 Å². The first kappa shape index (κ1) is 20.8. The van der Waals surface area contributed by atoms with Gasteiger partial charge in [0.1, 0.15) is 11.6 Å². The van der Waals surface area contributed by atoms with E-state index in [0.717, 1.165) is 28.1 Å². The van der Waals surface area contributed by atoms with Gasteiger partial charge in [-0.25, -0.2) is 4.68 Å². The van der Waals surface area contributed by atoms with Gasteiger partial charge in [0, 0.05) is 23.3 Å². The summed E-state index contributed by atoms with van der Waals surface area (Å²) in [7, 11) is 1.64. The monoisotopic (exact) mass is 456 g/mol. The summed E-state index contributed by atoms with van der Waals surface area (Å²) >= 11 is 6.32. The minimum absolute atomic E-state index is 0.463. The SMILES string of the molecule is COc1cccc(Nc2nc(NCc3ccccc3Cl)nc3c2cnn3-c2ccccc2)c1. The zero-order chi connectivity index (χ0) is 22.6. The fourth-order valence-corrected chi connectivity index (χ4v) is 3.70. The number of ether oxygens (including phenoxy) is 1. The van der Waals surface area contributed by atoms with Gasteiger partial charge in [-0.3, -0.25) is 0 Å². The van der Waals surface area contributed by atoms with Gasteiger partial charge in [0.25, 0.3) is 0 Å². The van der Waals surface area contributed by atoms with Crippen LogP contribution in [-0.2, 0) is 6.54 Å². The van der Waals surface area contributed by atoms with Crippen LogP contribution in [0.1, 0.15) is 5.56 Å².